The van der Waals surface area contributed by atoms with Crippen molar-refractivity contribution in [3.05, 3.63) is 40.4 Å². The lowest BCUT2D eigenvalue weighted by molar-refractivity contribution is 0.582. The van der Waals surface area contributed by atoms with Gasteiger partial charge in [-0.15, -0.1) is 5.10 Å². The Bertz CT molecular complexity index is 869. The van der Waals surface area contributed by atoms with Crippen molar-refractivity contribution in [1.82, 2.24) is 25.0 Å². The van der Waals surface area contributed by atoms with Gasteiger partial charge in [0.1, 0.15) is 11.6 Å². The first-order chi connectivity index (χ1) is 11.1. The van der Waals surface area contributed by atoms with Gasteiger partial charge in [0.25, 0.3) is 0 Å². The minimum Gasteiger partial charge on any atom is -0.365 e. The molecule has 0 atom stereocenters. The summed E-state index contributed by atoms with van der Waals surface area (Å²) < 4.78 is 15.5. The molecule has 0 radical (unpaired) electrons. The minimum absolute atomic E-state index is 0.168. The van der Waals surface area contributed by atoms with Crippen LogP contribution in [0.4, 0.5) is 10.2 Å². The molecule has 0 spiro atoms. The van der Waals surface area contributed by atoms with E-state index >= 15 is 0 Å². The average molecular weight is 333 g/mol. The molecule has 1 aromatic carbocycles. The van der Waals surface area contributed by atoms with Gasteiger partial charge in [-0.2, -0.15) is 0 Å². The zero-order valence-electron chi connectivity index (χ0n) is 12.4. The predicted octanol–water partition coefficient (Wildman–Crippen LogP) is 2.94. The topological polar surface area (TPSA) is 68.5 Å². The summed E-state index contributed by atoms with van der Waals surface area (Å²) in [6.07, 6.45) is 2.26. The number of hydrogen-bond donors (Lipinski definition) is 1. The first-order valence-corrected chi connectivity index (χ1v) is 7.77. The molecule has 1 fully saturated rings. The summed E-state index contributed by atoms with van der Waals surface area (Å²) in [6, 6.07) is 5.05. The smallest absolute Gasteiger partial charge is 0.184 e. The molecular formula is C15H14ClFN6. The molecule has 2 heterocycles. The van der Waals surface area contributed by atoms with Gasteiger partial charge in [-0.25, -0.2) is 19.0 Å². The summed E-state index contributed by atoms with van der Waals surface area (Å²) in [5.41, 5.74) is 1.53. The molecule has 6 nitrogen and oxygen atoms in total. The Kier molecular flexibility index (Phi) is 3.37. The SMILES string of the molecule is Cc1nc(NC2CC2)c2nnn(Cc3c(F)cccc3Cl)c2n1. The van der Waals surface area contributed by atoms with Crippen LogP contribution in [0.1, 0.15) is 24.2 Å². The van der Waals surface area contributed by atoms with Gasteiger partial charge in [0.05, 0.1) is 6.54 Å². The fourth-order valence-corrected chi connectivity index (χ4v) is 2.65. The van der Waals surface area contributed by atoms with Gasteiger partial charge in [-0.05, 0) is 31.9 Å². The monoisotopic (exact) mass is 332 g/mol. The summed E-state index contributed by atoms with van der Waals surface area (Å²) in [7, 11) is 0. The van der Waals surface area contributed by atoms with Crippen molar-refractivity contribution in [3.63, 3.8) is 0 Å². The fourth-order valence-electron chi connectivity index (χ4n) is 2.43. The summed E-state index contributed by atoms with van der Waals surface area (Å²) in [4.78, 5) is 8.80. The molecule has 1 aliphatic carbocycles. The van der Waals surface area contributed by atoms with Crippen molar-refractivity contribution in [1.29, 1.82) is 0 Å². The van der Waals surface area contributed by atoms with E-state index < -0.39 is 0 Å². The van der Waals surface area contributed by atoms with E-state index in [9.17, 15) is 4.39 Å². The maximum atomic E-state index is 14.0. The van der Waals surface area contributed by atoms with E-state index in [1.807, 2.05) is 6.92 Å². The maximum absolute atomic E-state index is 14.0. The zero-order valence-corrected chi connectivity index (χ0v) is 13.2. The summed E-state index contributed by atoms with van der Waals surface area (Å²) in [5, 5.41) is 11.9. The predicted molar refractivity (Wildman–Crippen MR) is 85.0 cm³/mol. The van der Waals surface area contributed by atoms with Crippen LogP contribution in [0.15, 0.2) is 18.2 Å². The third-order valence-electron chi connectivity index (χ3n) is 3.76. The highest BCUT2D eigenvalue weighted by atomic mass is 35.5. The molecule has 1 N–H and O–H groups in total. The van der Waals surface area contributed by atoms with E-state index in [0.29, 0.717) is 39.4 Å². The lowest BCUT2D eigenvalue weighted by Crippen LogP contribution is -2.08. The number of rotatable bonds is 4. The third kappa shape index (κ3) is 2.72. The van der Waals surface area contributed by atoms with Crippen LogP contribution in [-0.2, 0) is 6.54 Å². The minimum atomic E-state index is -0.372. The Morgan fingerprint density at radius 3 is 2.91 bits per heavy atom. The van der Waals surface area contributed by atoms with E-state index in [1.54, 1.807) is 16.8 Å². The van der Waals surface area contributed by atoms with Crippen LogP contribution in [0.25, 0.3) is 11.2 Å². The largest absolute Gasteiger partial charge is 0.365 e. The van der Waals surface area contributed by atoms with E-state index in [-0.39, 0.29) is 12.4 Å². The van der Waals surface area contributed by atoms with Gasteiger partial charge < -0.3 is 5.32 Å². The lowest BCUT2D eigenvalue weighted by Gasteiger charge is -2.07. The number of aromatic nitrogens is 5. The number of aryl methyl sites for hydroxylation is 1. The molecule has 0 bridgehead atoms. The van der Waals surface area contributed by atoms with Crippen molar-refractivity contribution in [2.75, 3.05) is 5.32 Å². The Labute approximate surface area is 136 Å². The van der Waals surface area contributed by atoms with Crippen LogP contribution in [0.3, 0.4) is 0 Å². The molecule has 1 saturated carbocycles. The Morgan fingerprint density at radius 2 is 2.17 bits per heavy atom. The van der Waals surface area contributed by atoms with E-state index in [0.717, 1.165) is 12.8 Å². The Morgan fingerprint density at radius 1 is 1.35 bits per heavy atom. The van der Waals surface area contributed by atoms with E-state index in [2.05, 4.69) is 25.6 Å². The molecule has 0 aliphatic heterocycles. The van der Waals surface area contributed by atoms with Crippen LogP contribution in [0.5, 0.6) is 0 Å². The molecular weight excluding hydrogens is 319 g/mol. The second-order valence-corrected chi connectivity index (χ2v) is 6.06. The van der Waals surface area contributed by atoms with Crippen LogP contribution < -0.4 is 5.32 Å². The summed E-state index contributed by atoms with van der Waals surface area (Å²) in [5.74, 6) is 0.924. The fraction of sp³-hybridized carbons (Fsp3) is 0.333. The third-order valence-corrected chi connectivity index (χ3v) is 4.12. The first kappa shape index (κ1) is 14.3. The standard InChI is InChI=1S/C15H14ClFN6/c1-8-18-14(20-9-5-6-9)13-15(19-8)23(22-21-13)7-10-11(16)3-2-4-12(10)17/h2-4,9H,5-7H2,1H3,(H,18,19,20). The highest BCUT2D eigenvalue weighted by Crippen LogP contribution is 2.27. The zero-order chi connectivity index (χ0) is 16.0. The average Bonchev–Trinajstić information content (AvgIpc) is 3.23. The number of halogens is 2. The molecule has 23 heavy (non-hydrogen) atoms. The van der Waals surface area contributed by atoms with E-state index in [1.165, 1.54) is 6.07 Å². The first-order valence-electron chi connectivity index (χ1n) is 7.39. The van der Waals surface area contributed by atoms with Crippen LogP contribution in [-0.4, -0.2) is 31.0 Å². The molecule has 0 amide bonds. The van der Waals surface area contributed by atoms with E-state index in [4.69, 9.17) is 11.6 Å². The van der Waals surface area contributed by atoms with Crippen molar-refractivity contribution < 1.29 is 4.39 Å². The van der Waals surface area contributed by atoms with Gasteiger partial charge in [0.15, 0.2) is 17.0 Å². The Balaban J connectivity index is 1.77. The number of hydrogen-bond acceptors (Lipinski definition) is 5. The van der Waals surface area contributed by atoms with Crippen LogP contribution >= 0.6 is 11.6 Å². The van der Waals surface area contributed by atoms with Gasteiger partial charge >= 0.3 is 0 Å². The number of benzene rings is 1. The normalized spacial score (nSPS) is 14.4. The summed E-state index contributed by atoms with van der Waals surface area (Å²) in [6.45, 7) is 1.98. The van der Waals surface area contributed by atoms with Gasteiger partial charge in [0, 0.05) is 16.6 Å². The van der Waals surface area contributed by atoms with Crippen molar-refractivity contribution in [2.45, 2.75) is 32.4 Å². The number of nitrogens with zero attached hydrogens (tertiary/aromatic N) is 5. The number of fused-ring (bicyclic) bond motifs is 1. The lowest BCUT2D eigenvalue weighted by atomic mass is 10.2. The van der Waals surface area contributed by atoms with Gasteiger partial charge in [-0.1, -0.05) is 22.9 Å². The molecule has 1 aliphatic rings. The molecule has 0 saturated heterocycles. The van der Waals surface area contributed by atoms with Crippen LogP contribution in [0, 0.1) is 12.7 Å². The number of anilines is 1. The maximum Gasteiger partial charge on any atom is 0.184 e. The second-order valence-electron chi connectivity index (χ2n) is 5.66. The summed E-state index contributed by atoms with van der Waals surface area (Å²) >= 11 is 6.09. The Hall–Kier alpha value is -2.28. The van der Waals surface area contributed by atoms with Crippen molar-refractivity contribution in [2.24, 2.45) is 0 Å². The molecule has 4 rings (SSSR count). The van der Waals surface area contributed by atoms with Gasteiger partial charge in [-0.3, -0.25) is 0 Å². The van der Waals surface area contributed by atoms with Crippen LogP contribution in [0.2, 0.25) is 5.02 Å². The van der Waals surface area contributed by atoms with Crippen molar-refractivity contribution >= 4 is 28.6 Å². The molecule has 2 aromatic heterocycles. The highest BCUT2D eigenvalue weighted by Gasteiger charge is 2.24. The number of nitrogens with one attached hydrogen (secondary N) is 1. The second kappa shape index (κ2) is 5.42. The molecule has 8 heteroatoms. The molecule has 0 unspecified atom stereocenters. The molecule has 3 aromatic rings. The van der Waals surface area contributed by atoms with Gasteiger partial charge in [0.2, 0.25) is 0 Å². The highest BCUT2D eigenvalue weighted by molar-refractivity contribution is 6.31. The molecule has 118 valence electrons. The van der Waals surface area contributed by atoms with Crippen molar-refractivity contribution in [3.8, 4) is 0 Å². The quantitative estimate of drug-likeness (QED) is 0.795.